The van der Waals surface area contributed by atoms with Crippen LogP contribution in [-0.2, 0) is 16.0 Å². The lowest BCUT2D eigenvalue weighted by Crippen LogP contribution is -2.42. The maximum absolute atomic E-state index is 12.7. The van der Waals surface area contributed by atoms with Crippen LogP contribution >= 0.6 is 11.6 Å². The summed E-state index contributed by atoms with van der Waals surface area (Å²) in [5, 5.41) is 3.36. The van der Waals surface area contributed by atoms with Crippen molar-refractivity contribution in [1.82, 2.24) is 4.90 Å². The van der Waals surface area contributed by atoms with E-state index >= 15 is 0 Å². The summed E-state index contributed by atoms with van der Waals surface area (Å²) < 4.78 is 5.66. The van der Waals surface area contributed by atoms with Crippen LogP contribution in [0.1, 0.15) is 11.1 Å². The van der Waals surface area contributed by atoms with Crippen LogP contribution in [0.15, 0.2) is 42.5 Å². The van der Waals surface area contributed by atoms with Crippen LogP contribution in [0, 0.1) is 18.3 Å². The van der Waals surface area contributed by atoms with Crippen molar-refractivity contribution in [2.75, 3.05) is 25.5 Å². The zero-order chi connectivity index (χ0) is 19.4. The number of halogens is 1. The SMILES string of the molecule is C#Cc1cccc(NC(=O)CN(C)C(=O)C2COc3ccc(Cl)cc3C2)c1. The monoisotopic (exact) mass is 382 g/mol. The molecule has 0 radical (unpaired) electrons. The summed E-state index contributed by atoms with van der Waals surface area (Å²) in [5.74, 6) is 2.48. The number of likely N-dealkylation sites (N-methyl/N-ethyl adjacent to an activating group) is 1. The van der Waals surface area contributed by atoms with E-state index in [-0.39, 0.29) is 30.9 Å². The van der Waals surface area contributed by atoms with Crippen molar-refractivity contribution in [1.29, 1.82) is 0 Å². The van der Waals surface area contributed by atoms with Gasteiger partial charge in [-0.2, -0.15) is 0 Å². The van der Waals surface area contributed by atoms with Gasteiger partial charge in [0, 0.05) is 23.3 Å². The lowest BCUT2D eigenvalue weighted by atomic mass is 9.95. The van der Waals surface area contributed by atoms with Crippen molar-refractivity contribution in [3.8, 4) is 18.1 Å². The van der Waals surface area contributed by atoms with Crippen LogP contribution in [0.3, 0.4) is 0 Å². The molecule has 1 unspecified atom stereocenters. The van der Waals surface area contributed by atoms with Gasteiger partial charge in [0.2, 0.25) is 11.8 Å². The van der Waals surface area contributed by atoms with E-state index in [9.17, 15) is 9.59 Å². The Bertz CT molecular complexity index is 920. The zero-order valence-corrected chi connectivity index (χ0v) is 15.6. The standard InChI is InChI=1S/C21H19ClN2O3/c1-3-14-5-4-6-18(9-14)23-20(25)12-24(2)21(26)16-10-15-11-17(22)7-8-19(15)27-13-16/h1,4-9,11,16H,10,12-13H2,2H3,(H,23,25). The molecule has 2 aromatic rings. The Hall–Kier alpha value is -2.97. The lowest BCUT2D eigenvalue weighted by molar-refractivity contribution is -0.138. The molecule has 2 amide bonds. The average molecular weight is 383 g/mol. The first-order valence-electron chi connectivity index (χ1n) is 8.49. The molecule has 5 nitrogen and oxygen atoms in total. The Labute approximate surface area is 163 Å². The number of hydrogen-bond donors (Lipinski definition) is 1. The molecule has 1 aliphatic rings. The number of terminal acetylenes is 1. The first kappa shape index (κ1) is 18.8. The molecule has 138 valence electrons. The molecule has 1 aliphatic heterocycles. The molecular weight excluding hydrogens is 364 g/mol. The highest BCUT2D eigenvalue weighted by molar-refractivity contribution is 6.30. The second kappa shape index (κ2) is 8.15. The van der Waals surface area contributed by atoms with E-state index in [0.29, 0.717) is 22.7 Å². The maximum Gasteiger partial charge on any atom is 0.243 e. The van der Waals surface area contributed by atoms with Crippen molar-refractivity contribution in [2.45, 2.75) is 6.42 Å². The summed E-state index contributed by atoms with van der Waals surface area (Å²) in [6.07, 6.45) is 5.89. The summed E-state index contributed by atoms with van der Waals surface area (Å²) in [6.45, 7) is 0.224. The van der Waals surface area contributed by atoms with Crippen molar-refractivity contribution in [3.63, 3.8) is 0 Å². The maximum atomic E-state index is 12.7. The Morgan fingerprint density at radius 3 is 2.93 bits per heavy atom. The quantitative estimate of drug-likeness (QED) is 0.827. The molecule has 1 heterocycles. The molecule has 0 aromatic heterocycles. The molecule has 0 saturated heterocycles. The first-order chi connectivity index (χ1) is 13.0. The Kier molecular flexibility index (Phi) is 5.68. The van der Waals surface area contributed by atoms with Crippen LogP contribution in [0.25, 0.3) is 0 Å². The molecule has 0 bridgehead atoms. The molecule has 1 N–H and O–H groups in total. The smallest absolute Gasteiger partial charge is 0.243 e. The third-order valence-corrected chi connectivity index (χ3v) is 4.58. The Morgan fingerprint density at radius 2 is 2.15 bits per heavy atom. The van der Waals surface area contributed by atoms with Crippen molar-refractivity contribution < 1.29 is 14.3 Å². The highest BCUT2D eigenvalue weighted by Gasteiger charge is 2.29. The number of carbonyl (C=O) groups excluding carboxylic acids is 2. The predicted molar refractivity (Wildman–Crippen MR) is 105 cm³/mol. The molecule has 0 saturated carbocycles. The summed E-state index contributed by atoms with van der Waals surface area (Å²) >= 11 is 6.02. The van der Waals surface area contributed by atoms with Crippen molar-refractivity contribution in [3.05, 3.63) is 58.6 Å². The number of benzene rings is 2. The van der Waals surface area contributed by atoms with Gasteiger partial charge in [0.15, 0.2) is 0 Å². The van der Waals surface area contributed by atoms with Gasteiger partial charge in [0.1, 0.15) is 12.4 Å². The van der Waals surface area contributed by atoms with Gasteiger partial charge in [0.25, 0.3) is 0 Å². The Morgan fingerprint density at radius 1 is 1.33 bits per heavy atom. The van der Waals surface area contributed by atoms with Gasteiger partial charge >= 0.3 is 0 Å². The first-order valence-corrected chi connectivity index (χ1v) is 8.87. The van der Waals surface area contributed by atoms with Crippen LogP contribution in [0.4, 0.5) is 5.69 Å². The summed E-state index contributed by atoms with van der Waals surface area (Å²) in [4.78, 5) is 26.3. The minimum absolute atomic E-state index is 0.0575. The van der Waals surface area contributed by atoms with Crippen LogP contribution in [0.2, 0.25) is 5.02 Å². The van der Waals surface area contributed by atoms with E-state index in [0.717, 1.165) is 11.3 Å². The van der Waals surface area contributed by atoms with Crippen LogP contribution in [-0.4, -0.2) is 36.9 Å². The number of fused-ring (bicyclic) bond motifs is 1. The predicted octanol–water partition coefficient (Wildman–Crippen LogP) is 2.97. The van der Waals surface area contributed by atoms with E-state index in [1.807, 2.05) is 6.07 Å². The molecule has 3 rings (SSSR count). The number of anilines is 1. The van der Waals surface area contributed by atoms with Gasteiger partial charge in [-0.05, 0) is 48.4 Å². The van der Waals surface area contributed by atoms with E-state index in [1.165, 1.54) is 4.90 Å². The van der Waals surface area contributed by atoms with Gasteiger partial charge < -0.3 is 15.0 Å². The second-order valence-corrected chi connectivity index (χ2v) is 6.87. The minimum Gasteiger partial charge on any atom is -0.492 e. The highest BCUT2D eigenvalue weighted by atomic mass is 35.5. The fourth-order valence-corrected chi connectivity index (χ4v) is 3.21. The fourth-order valence-electron chi connectivity index (χ4n) is 3.01. The third-order valence-electron chi connectivity index (χ3n) is 4.35. The summed E-state index contributed by atoms with van der Waals surface area (Å²) in [6, 6.07) is 12.4. The lowest BCUT2D eigenvalue weighted by Gasteiger charge is -2.28. The summed E-state index contributed by atoms with van der Waals surface area (Å²) in [7, 11) is 1.60. The van der Waals surface area contributed by atoms with Crippen LogP contribution < -0.4 is 10.1 Å². The van der Waals surface area contributed by atoms with Crippen molar-refractivity contribution >= 4 is 29.1 Å². The normalized spacial score (nSPS) is 15.1. The highest BCUT2D eigenvalue weighted by Crippen LogP contribution is 2.30. The largest absolute Gasteiger partial charge is 0.492 e. The van der Waals surface area contributed by atoms with Gasteiger partial charge in [-0.15, -0.1) is 6.42 Å². The topological polar surface area (TPSA) is 58.6 Å². The van der Waals surface area contributed by atoms with E-state index < -0.39 is 0 Å². The van der Waals surface area contributed by atoms with E-state index in [4.69, 9.17) is 22.8 Å². The Balaban J connectivity index is 1.59. The van der Waals surface area contributed by atoms with Gasteiger partial charge in [-0.25, -0.2) is 0 Å². The number of hydrogen-bond acceptors (Lipinski definition) is 3. The van der Waals surface area contributed by atoms with E-state index in [2.05, 4.69) is 11.2 Å². The van der Waals surface area contributed by atoms with Gasteiger partial charge in [-0.3, -0.25) is 9.59 Å². The number of rotatable bonds is 4. The van der Waals surface area contributed by atoms with Crippen LogP contribution in [0.5, 0.6) is 5.75 Å². The fraction of sp³-hybridized carbons (Fsp3) is 0.238. The molecule has 0 fully saturated rings. The number of carbonyl (C=O) groups is 2. The van der Waals surface area contributed by atoms with Gasteiger partial charge in [0.05, 0.1) is 12.5 Å². The molecule has 2 aromatic carbocycles. The molecule has 0 aliphatic carbocycles. The average Bonchev–Trinajstić information content (AvgIpc) is 2.66. The second-order valence-electron chi connectivity index (χ2n) is 6.43. The molecule has 0 spiro atoms. The molecular formula is C21H19ClN2O3. The molecule has 6 heteroatoms. The van der Waals surface area contributed by atoms with Gasteiger partial charge in [-0.1, -0.05) is 23.6 Å². The number of nitrogens with one attached hydrogen (secondary N) is 1. The number of ether oxygens (including phenoxy) is 1. The molecule has 1 atom stereocenters. The van der Waals surface area contributed by atoms with Crippen molar-refractivity contribution in [2.24, 2.45) is 5.92 Å². The number of nitrogens with zero attached hydrogens (tertiary/aromatic N) is 1. The minimum atomic E-state index is -0.349. The molecule has 27 heavy (non-hydrogen) atoms. The summed E-state index contributed by atoms with van der Waals surface area (Å²) in [5.41, 5.74) is 2.17. The zero-order valence-electron chi connectivity index (χ0n) is 14.9. The van der Waals surface area contributed by atoms with E-state index in [1.54, 1.807) is 43.4 Å². The third kappa shape index (κ3) is 4.60. The number of amides is 2.